The third-order valence-corrected chi connectivity index (χ3v) is 5.17. The van der Waals surface area contributed by atoms with Crippen LogP contribution in [-0.2, 0) is 14.8 Å². The molecule has 2 N–H and O–H groups in total. The molecule has 0 aliphatic carbocycles. The number of anilines is 1. The number of hydrogen-bond donors (Lipinski definition) is 2. The summed E-state index contributed by atoms with van der Waals surface area (Å²) in [7, 11) is -1.89. The number of rotatable bonds is 7. The van der Waals surface area contributed by atoms with Gasteiger partial charge in [0.1, 0.15) is 11.5 Å². The predicted octanol–water partition coefficient (Wildman–Crippen LogP) is 1.85. The van der Waals surface area contributed by atoms with Crippen molar-refractivity contribution in [2.75, 3.05) is 30.6 Å². The smallest absolute Gasteiger partial charge is 0.241 e. The molecule has 7 nitrogen and oxygen atoms in total. The average Bonchev–Trinajstić information content (AvgIpc) is 2.55. The number of benzene rings is 1. The number of halogens is 1. The molecule has 1 fully saturated rings. The summed E-state index contributed by atoms with van der Waals surface area (Å²) in [5, 5.41) is 3.14. The predicted molar refractivity (Wildman–Crippen MR) is 106 cm³/mol. The van der Waals surface area contributed by atoms with Crippen LogP contribution in [0, 0.1) is 0 Å². The van der Waals surface area contributed by atoms with E-state index in [9.17, 15) is 13.2 Å². The highest BCUT2D eigenvalue weighted by Gasteiger charge is 2.26. The number of carbonyl (C=O) groups excluding carboxylic acids is 1. The maximum Gasteiger partial charge on any atom is 0.241 e. The Bertz CT molecular complexity index is 680. The largest absolute Gasteiger partial charge is 0.491 e. The second-order valence-corrected chi connectivity index (χ2v) is 8.24. The lowest BCUT2D eigenvalue weighted by atomic mass is 10.1. The summed E-state index contributed by atoms with van der Waals surface area (Å²) in [4.78, 5) is 13.9. The van der Waals surface area contributed by atoms with Crippen LogP contribution in [0.25, 0.3) is 0 Å². The second-order valence-electron chi connectivity index (χ2n) is 6.52. The Hall–Kier alpha value is -1.51. The first-order chi connectivity index (χ1) is 11.8. The summed E-state index contributed by atoms with van der Waals surface area (Å²) in [6.45, 7) is 4.99. The van der Waals surface area contributed by atoms with E-state index in [2.05, 4.69) is 10.0 Å². The molecule has 0 radical (unpaired) electrons. The Labute approximate surface area is 161 Å². The molecule has 1 aromatic carbocycles. The van der Waals surface area contributed by atoms with Gasteiger partial charge in [-0.3, -0.25) is 9.52 Å². The number of nitrogens with one attached hydrogen (secondary N) is 2. The van der Waals surface area contributed by atoms with Gasteiger partial charge in [0, 0.05) is 24.8 Å². The van der Waals surface area contributed by atoms with Gasteiger partial charge in [0.25, 0.3) is 0 Å². The van der Waals surface area contributed by atoms with Crippen molar-refractivity contribution >= 4 is 34.0 Å². The third kappa shape index (κ3) is 7.01. The molecule has 0 saturated carbocycles. The van der Waals surface area contributed by atoms with E-state index in [0.717, 1.165) is 12.8 Å². The van der Waals surface area contributed by atoms with Gasteiger partial charge in [0.05, 0.1) is 6.10 Å². The molecule has 1 aromatic rings. The normalized spacial score (nSPS) is 17.5. The number of amides is 1. The van der Waals surface area contributed by atoms with Crippen LogP contribution < -0.4 is 14.8 Å². The van der Waals surface area contributed by atoms with Gasteiger partial charge < -0.3 is 15.0 Å². The van der Waals surface area contributed by atoms with E-state index in [1.54, 1.807) is 29.2 Å². The first kappa shape index (κ1) is 22.5. The van der Waals surface area contributed by atoms with Gasteiger partial charge in [0.2, 0.25) is 15.9 Å². The molecular weight excluding hydrogens is 378 g/mol. The van der Waals surface area contributed by atoms with Gasteiger partial charge in [-0.05, 0) is 58.0 Å². The fraction of sp³-hybridized carbons (Fsp3) is 0.588. The van der Waals surface area contributed by atoms with Gasteiger partial charge >= 0.3 is 0 Å². The van der Waals surface area contributed by atoms with Crippen LogP contribution in [0.1, 0.15) is 26.7 Å². The first-order valence-corrected chi connectivity index (χ1v) is 10.2. The molecule has 0 bridgehead atoms. The molecule has 0 spiro atoms. The van der Waals surface area contributed by atoms with Crippen molar-refractivity contribution in [1.82, 2.24) is 10.2 Å². The number of ether oxygens (including phenoxy) is 1. The fourth-order valence-corrected chi connectivity index (χ4v) is 3.86. The molecule has 0 aromatic heterocycles. The molecular formula is C17H28ClN3O4S. The maximum atomic E-state index is 12.3. The molecule has 1 atom stereocenters. The Balaban J connectivity index is 0.00000338. The number of nitrogens with zero attached hydrogens (tertiary/aromatic N) is 1. The number of carbonyl (C=O) groups is 1. The van der Waals surface area contributed by atoms with Crippen molar-refractivity contribution < 1.29 is 17.9 Å². The zero-order valence-electron chi connectivity index (χ0n) is 15.4. The topological polar surface area (TPSA) is 87.7 Å². The van der Waals surface area contributed by atoms with Crippen LogP contribution in [0.2, 0.25) is 0 Å². The van der Waals surface area contributed by atoms with Gasteiger partial charge in [-0.1, -0.05) is 0 Å². The summed E-state index contributed by atoms with van der Waals surface area (Å²) in [6, 6.07) is 6.86. The molecule has 1 amide bonds. The van der Waals surface area contributed by atoms with Crippen LogP contribution in [0.4, 0.5) is 5.69 Å². The molecule has 148 valence electrons. The zero-order chi connectivity index (χ0) is 18.4. The molecule has 1 saturated heterocycles. The minimum absolute atomic E-state index is 0. The van der Waals surface area contributed by atoms with E-state index in [0.29, 0.717) is 24.5 Å². The second kappa shape index (κ2) is 9.99. The van der Waals surface area contributed by atoms with E-state index >= 15 is 0 Å². The van der Waals surface area contributed by atoms with Crippen molar-refractivity contribution in [3.8, 4) is 5.75 Å². The van der Waals surface area contributed by atoms with Crippen LogP contribution in [0.3, 0.4) is 0 Å². The van der Waals surface area contributed by atoms with Gasteiger partial charge in [0.15, 0.2) is 0 Å². The highest BCUT2D eigenvalue weighted by Crippen LogP contribution is 2.18. The standard InChI is InChI=1S/C17H27N3O4S.ClH/c1-13(2)24-16-8-6-14(7-9-16)19-25(22,23)12-17(21)20-10-4-5-15(11-20)18-3;/h6-9,13,15,18-19H,4-5,10-12H2,1-3H3;1H. The van der Waals surface area contributed by atoms with Crippen molar-refractivity contribution in [2.45, 2.75) is 38.8 Å². The molecule has 1 aliphatic heterocycles. The maximum absolute atomic E-state index is 12.3. The minimum Gasteiger partial charge on any atom is -0.491 e. The summed E-state index contributed by atoms with van der Waals surface area (Å²) in [5.41, 5.74) is 0.413. The van der Waals surface area contributed by atoms with Gasteiger partial charge in [-0.25, -0.2) is 8.42 Å². The van der Waals surface area contributed by atoms with Crippen LogP contribution in [0.15, 0.2) is 24.3 Å². The number of likely N-dealkylation sites (tertiary alicyclic amines) is 1. The SMILES string of the molecule is CNC1CCCN(C(=O)CS(=O)(=O)Nc2ccc(OC(C)C)cc2)C1.Cl. The van der Waals surface area contributed by atoms with E-state index in [4.69, 9.17) is 4.74 Å². The van der Waals surface area contributed by atoms with Crippen LogP contribution in [-0.4, -0.2) is 57.3 Å². The van der Waals surface area contributed by atoms with Crippen molar-refractivity contribution in [2.24, 2.45) is 0 Å². The first-order valence-electron chi connectivity index (χ1n) is 8.51. The Morgan fingerprint density at radius 2 is 1.96 bits per heavy atom. The highest BCUT2D eigenvalue weighted by atomic mass is 35.5. The average molecular weight is 406 g/mol. The molecule has 1 heterocycles. The van der Waals surface area contributed by atoms with Crippen molar-refractivity contribution in [3.63, 3.8) is 0 Å². The van der Waals surface area contributed by atoms with Crippen molar-refractivity contribution in [3.05, 3.63) is 24.3 Å². The molecule has 9 heteroatoms. The summed E-state index contributed by atoms with van der Waals surface area (Å²) < 4.78 is 32.5. The summed E-state index contributed by atoms with van der Waals surface area (Å²) in [5.74, 6) is -0.249. The minimum atomic E-state index is -3.75. The van der Waals surface area contributed by atoms with E-state index in [1.807, 2.05) is 20.9 Å². The van der Waals surface area contributed by atoms with Crippen molar-refractivity contribution in [1.29, 1.82) is 0 Å². The van der Waals surface area contributed by atoms with E-state index < -0.39 is 15.8 Å². The van der Waals surface area contributed by atoms with Gasteiger partial charge in [-0.2, -0.15) is 0 Å². The number of sulfonamides is 1. The van der Waals surface area contributed by atoms with E-state index in [-0.39, 0.29) is 30.5 Å². The molecule has 1 aliphatic rings. The lowest BCUT2D eigenvalue weighted by Gasteiger charge is -2.32. The molecule has 1 unspecified atom stereocenters. The number of likely N-dealkylation sites (N-methyl/N-ethyl adjacent to an activating group) is 1. The van der Waals surface area contributed by atoms with Gasteiger partial charge in [-0.15, -0.1) is 12.4 Å². The summed E-state index contributed by atoms with van der Waals surface area (Å²) in [6.07, 6.45) is 1.92. The van der Waals surface area contributed by atoms with Crippen LogP contribution in [0.5, 0.6) is 5.75 Å². The molecule has 26 heavy (non-hydrogen) atoms. The Morgan fingerprint density at radius 3 is 2.54 bits per heavy atom. The number of hydrogen-bond acceptors (Lipinski definition) is 5. The fourth-order valence-electron chi connectivity index (χ4n) is 2.78. The summed E-state index contributed by atoms with van der Waals surface area (Å²) >= 11 is 0. The van der Waals surface area contributed by atoms with Crippen LogP contribution >= 0.6 is 12.4 Å². The van der Waals surface area contributed by atoms with E-state index in [1.165, 1.54) is 0 Å². The monoisotopic (exact) mass is 405 g/mol. The third-order valence-electron chi connectivity index (χ3n) is 4.00. The number of piperidine rings is 1. The highest BCUT2D eigenvalue weighted by molar-refractivity contribution is 7.93. The quantitative estimate of drug-likeness (QED) is 0.722. The zero-order valence-corrected chi connectivity index (χ0v) is 17.0. The Kier molecular flexibility index (Phi) is 8.66. The molecule has 2 rings (SSSR count). The lowest BCUT2D eigenvalue weighted by molar-refractivity contribution is -0.129. The lowest BCUT2D eigenvalue weighted by Crippen LogP contribution is -2.48. The Morgan fingerprint density at radius 1 is 1.31 bits per heavy atom.